The second kappa shape index (κ2) is 6.52. The van der Waals surface area contributed by atoms with Gasteiger partial charge in [0.25, 0.3) is 0 Å². The summed E-state index contributed by atoms with van der Waals surface area (Å²) in [4.78, 5) is 23.7. The summed E-state index contributed by atoms with van der Waals surface area (Å²) in [6, 6.07) is 8.09. The molecule has 0 saturated carbocycles. The van der Waals surface area contributed by atoms with Gasteiger partial charge in [-0.3, -0.25) is 4.79 Å². The summed E-state index contributed by atoms with van der Waals surface area (Å²) in [6.07, 6.45) is 0. The largest absolute Gasteiger partial charge is 0.480 e. The van der Waals surface area contributed by atoms with Crippen molar-refractivity contribution in [2.75, 3.05) is 5.75 Å². The summed E-state index contributed by atoms with van der Waals surface area (Å²) in [6.45, 7) is 9.38. The molecule has 0 aliphatic heterocycles. The second-order valence-corrected chi connectivity index (χ2v) is 7.59. The number of hydrogen-bond acceptors (Lipinski definition) is 3. The molecule has 0 heterocycles. The average Bonchev–Trinajstić information content (AvgIpc) is 2.35. The van der Waals surface area contributed by atoms with E-state index in [0.717, 1.165) is 4.90 Å². The molecule has 0 atom stereocenters. The zero-order chi connectivity index (χ0) is 16.3. The average molecular weight is 309 g/mol. The molecular formula is C16H23NO3S. The minimum Gasteiger partial charge on any atom is -0.480 e. The fourth-order valence-electron chi connectivity index (χ4n) is 1.64. The molecule has 0 spiro atoms. The standard InChI is InChI=1S/C16H23NO3S/c1-15(2,3)11-6-8-12(9-7-11)21-10-13(18)17-16(4,5)14(19)20/h6-9H,10H2,1-5H3,(H,17,18)(H,19,20). The SMILES string of the molecule is CC(C)(NC(=O)CSc1ccc(C(C)(C)C)cc1)C(=O)O. The van der Waals surface area contributed by atoms with Crippen molar-refractivity contribution in [3.05, 3.63) is 29.8 Å². The Morgan fingerprint density at radius 2 is 1.62 bits per heavy atom. The smallest absolute Gasteiger partial charge is 0.328 e. The Hall–Kier alpha value is -1.49. The minimum absolute atomic E-state index is 0.103. The third-order valence-electron chi connectivity index (χ3n) is 3.08. The van der Waals surface area contributed by atoms with Gasteiger partial charge in [0.2, 0.25) is 5.91 Å². The van der Waals surface area contributed by atoms with Crippen LogP contribution in [0.4, 0.5) is 0 Å². The Morgan fingerprint density at radius 1 is 1.10 bits per heavy atom. The highest BCUT2D eigenvalue weighted by atomic mass is 32.2. The van der Waals surface area contributed by atoms with Crippen molar-refractivity contribution < 1.29 is 14.7 Å². The number of carbonyl (C=O) groups excluding carboxylic acids is 1. The van der Waals surface area contributed by atoms with E-state index in [9.17, 15) is 9.59 Å². The Balaban J connectivity index is 2.56. The van der Waals surface area contributed by atoms with Crippen LogP contribution in [-0.4, -0.2) is 28.3 Å². The molecular weight excluding hydrogens is 286 g/mol. The van der Waals surface area contributed by atoms with E-state index < -0.39 is 11.5 Å². The van der Waals surface area contributed by atoms with Crippen molar-refractivity contribution in [3.8, 4) is 0 Å². The molecule has 0 aliphatic rings. The summed E-state index contributed by atoms with van der Waals surface area (Å²) in [5.74, 6) is -1.13. The first kappa shape index (κ1) is 17.6. The second-order valence-electron chi connectivity index (χ2n) is 6.54. The van der Waals surface area contributed by atoms with Crippen LogP contribution < -0.4 is 5.32 Å². The number of hydrogen-bond donors (Lipinski definition) is 2. The third-order valence-corrected chi connectivity index (χ3v) is 4.09. The topological polar surface area (TPSA) is 66.4 Å². The predicted molar refractivity (Wildman–Crippen MR) is 85.7 cm³/mol. The van der Waals surface area contributed by atoms with Crippen LogP contribution in [0.5, 0.6) is 0 Å². The molecule has 1 aromatic rings. The van der Waals surface area contributed by atoms with E-state index in [4.69, 9.17) is 5.11 Å². The van der Waals surface area contributed by atoms with Gasteiger partial charge >= 0.3 is 5.97 Å². The van der Waals surface area contributed by atoms with Crippen molar-refractivity contribution in [3.63, 3.8) is 0 Å². The fraction of sp³-hybridized carbons (Fsp3) is 0.500. The van der Waals surface area contributed by atoms with Crippen LogP contribution in [0, 0.1) is 0 Å². The van der Waals surface area contributed by atoms with E-state index in [2.05, 4.69) is 38.2 Å². The van der Waals surface area contributed by atoms with Crippen molar-refractivity contribution in [1.82, 2.24) is 5.32 Å². The first-order valence-electron chi connectivity index (χ1n) is 6.80. The Bertz CT molecular complexity index is 515. The maximum Gasteiger partial charge on any atom is 0.328 e. The molecule has 5 heteroatoms. The van der Waals surface area contributed by atoms with Gasteiger partial charge in [-0.2, -0.15) is 0 Å². The quantitative estimate of drug-likeness (QED) is 0.820. The number of benzene rings is 1. The summed E-state index contributed by atoms with van der Waals surface area (Å²) >= 11 is 1.40. The molecule has 116 valence electrons. The maximum atomic E-state index is 11.8. The van der Waals surface area contributed by atoms with Gasteiger partial charge in [0.05, 0.1) is 5.75 Å². The molecule has 0 radical (unpaired) electrons. The highest BCUT2D eigenvalue weighted by molar-refractivity contribution is 8.00. The molecule has 21 heavy (non-hydrogen) atoms. The van der Waals surface area contributed by atoms with E-state index in [1.165, 1.54) is 31.2 Å². The number of carboxylic acids is 1. The highest BCUT2D eigenvalue weighted by Crippen LogP contribution is 2.25. The molecule has 1 rings (SSSR count). The lowest BCUT2D eigenvalue weighted by molar-refractivity contribution is -0.145. The molecule has 2 N–H and O–H groups in total. The van der Waals surface area contributed by atoms with Crippen LogP contribution >= 0.6 is 11.8 Å². The van der Waals surface area contributed by atoms with Gasteiger partial charge < -0.3 is 10.4 Å². The van der Waals surface area contributed by atoms with Crippen LogP contribution in [0.15, 0.2) is 29.2 Å². The molecule has 0 bridgehead atoms. The van der Waals surface area contributed by atoms with Gasteiger partial charge in [-0.1, -0.05) is 32.9 Å². The van der Waals surface area contributed by atoms with E-state index >= 15 is 0 Å². The predicted octanol–water partition coefficient (Wildman–Crippen LogP) is 3.06. The number of thioether (sulfide) groups is 1. The molecule has 1 aromatic carbocycles. The van der Waals surface area contributed by atoms with E-state index in [-0.39, 0.29) is 17.1 Å². The van der Waals surface area contributed by atoms with Crippen LogP contribution in [0.25, 0.3) is 0 Å². The van der Waals surface area contributed by atoms with Crippen molar-refractivity contribution in [2.45, 2.75) is 50.5 Å². The first-order chi connectivity index (χ1) is 9.52. The number of carboxylic acid groups (broad SMARTS) is 1. The lowest BCUT2D eigenvalue weighted by Crippen LogP contribution is -2.50. The fourth-order valence-corrected chi connectivity index (χ4v) is 2.34. The van der Waals surface area contributed by atoms with Crippen molar-refractivity contribution in [2.24, 2.45) is 0 Å². The van der Waals surface area contributed by atoms with Crippen LogP contribution in [0.1, 0.15) is 40.2 Å². The summed E-state index contributed by atoms with van der Waals surface area (Å²) in [7, 11) is 0. The van der Waals surface area contributed by atoms with E-state index in [1.807, 2.05) is 12.1 Å². The summed E-state index contributed by atoms with van der Waals surface area (Å²) < 4.78 is 0. The van der Waals surface area contributed by atoms with Crippen LogP contribution in [-0.2, 0) is 15.0 Å². The maximum absolute atomic E-state index is 11.8. The number of rotatable bonds is 5. The Kier molecular flexibility index (Phi) is 5.45. The monoisotopic (exact) mass is 309 g/mol. The lowest BCUT2D eigenvalue weighted by Gasteiger charge is -2.21. The van der Waals surface area contributed by atoms with Crippen LogP contribution in [0.2, 0.25) is 0 Å². The Labute approximate surface area is 130 Å². The Morgan fingerprint density at radius 3 is 2.05 bits per heavy atom. The molecule has 4 nitrogen and oxygen atoms in total. The lowest BCUT2D eigenvalue weighted by atomic mass is 9.87. The summed E-state index contributed by atoms with van der Waals surface area (Å²) in [5.41, 5.74) is 0.100. The zero-order valence-electron chi connectivity index (χ0n) is 13.2. The summed E-state index contributed by atoms with van der Waals surface area (Å²) in [5, 5.41) is 11.5. The van der Waals surface area contributed by atoms with E-state index in [0.29, 0.717) is 0 Å². The number of amides is 1. The molecule has 0 unspecified atom stereocenters. The minimum atomic E-state index is -1.24. The van der Waals surface area contributed by atoms with Gasteiger partial charge in [-0.05, 0) is 37.0 Å². The normalized spacial score (nSPS) is 12.0. The first-order valence-corrected chi connectivity index (χ1v) is 7.79. The number of carbonyl (C=O) groups is 2. The van der Waals surface area contributed by atoms with Gasteiger partial charge in [-0.25, -0.2) is 4.79 Å². The number of nitrogens with one attached hydrogen (secondary N) is 1. The van der Waals surface area contributed by atoms with Crippen LogP contribution in [0.3, 0.4) is 0 Å². The van der Waals surface area contributed by atoms with Gasteiger partial charge in [0.1, 0.15) is 5.54 Å². The zero-order valence-corrected chi connectivity index (χ0v) is 14.0. The van der Waals surface area contributed by atoms with Crippen molar-refractivity contribution in [1.29, 1.82) is 0 Å². The van der Waals surface area contributed by atoms with Crippen molar-refractivity contribution >= 4 is 23.6 Å². The molecule has 0 aliphatic carbocycles. The molecule has 0 aromatic heterocycles. The van der Waals surface area contributed by atoms with Gasteiger partial charge in [-0.15, -0.1) is 11.8 Å². The third kappa shape index (κ3) is 5.42. The van der Waals surface area contributed by atoms with Gasteiger partial charge in [0.15, 0.2) is 0 Å². The van der Waals surface area contributed by atoms with Gasteiger partial charge in [0, 0.05) is 4.90 Å². The molecule has 0 fully saturated rings. The number of aliphatic carboxylic acids is 1. The van der Waals surface area contributed by atoms with E-state index in [1.54, 1.807) is 0 Å². The molecule has 0 saturated heterocycles. The highest BCUT2D eigenvalue weighted by Gasteiger charge is 2.28. The molecule has 1 amide bonds.